The van der Waals surface area contributed by atoms with Gasteiger partial charge < -0.3 is 20.4 Å². The third-order valence-electron chi connectivity index (χ3n) is 4.36. The summed E-state index contributed by atoms with van der Waals surface area (Å²) in [5, 5.41) is 8.06. The highest BCUT2D eigenvalue weighted by atomic mass is 19.4. The largest absolute Gasteiger partial charge is 0.459 e. The Balaban J connectivity index is 1.42. The van der Waals surface area contributed by atoms with Gasteiger partial charge in [-0.15, -0.1) is 0 Å². The molecule has 31 heavy (non-hydrogen) atoms. The first-order valence-electron chi connectivity index (χ1n) is 9.43. The molecular weight excluding hydrogens is 411 g/mol. The van der Waals surface area contributed by atoms with Crippen molar-refractivity contribution in [2.24, 2.45) is 0 Å². The molecule has 3 rings (SSSR count). The van der Waals surface area contributed by atoms with Gasteiger partial charge in [-0.2, -0.15) is 13.2 Å². The smallest absolute Gasteiger partial charge is 0.416 e. The van der Waals surface area contributed by atoms with Crippen molar-refractivity contribution in [1.29, 1.82) is 0 Å². The minimum atomic E-state index is -4.37. The summed E-state index contributed by atoms with van der Waals surface area (Å²) in [6.07, 6.45) is -2.55. The topological polar surface area (TPSA) is 83.4 Å². The van der Waals surface area contributed by atoms with Crippen LogP contribution in [-0.4, -0.2) is 18.5 Å². The maximum absolute atomic E-state index is 12.6. The quantitative estimate of drug-likeness (QED) is 0.512. The third kappa shape index (κ3) is 6.63. The molecule has 0 saturated carbocycles. The van der Waals surface area contributed by atoms with E-state index in [-0.39, 0.29) is 24.8 Å². The summed E-state index contributed by atoms with van der Waals surface area (Å²) in [5.41, 5.74) is 1.32. The second-order valence-corrected chi connectivity index (χ2v) is 6.69. The number of urea groups is 1. The molecule has 162 valence electrons. The van der Waals surface area contributed by atoms with Gasteiger partial charge in [0.25, 0.3) is 5.91 Å². The third-order valence-corrected chi connectivity index (χ3v) is 4.36. The molecule has 0 aliphatic rings. The average molecular weight is 431 g/mol. The van der Waals surface area contributed by atoms with Crippen LogP contribution in [-0.2, 0) is 19.1 Å². The van der Waals surface area contributed by atoms with Gasteiger partial charge in [-0.25, -0.2) is 4.79 Å². The molecule has 2 aromatic carbocycles. The Hall–Kier alpha value is -3.75. The van der Waals surface area contributed by atoms with E-state index in [2.05, 4.69) is 16.0 Å². The first-order valence-corrected chi connectivity index (χ1v) is 9.43. The number of rotatable bonds is 7. The van der Waals surface area contributed by atoms with Crippen molar-refractivity contribution in [3.05, 3.63) is 89.4 Å². The first kappa shape index (κ1) is 21.9. The van der Waals surface area contributed by atoms with Crippen LogP contribution < -0.4 is 16.0 Å². The lowest BCUT2D eigenvalue weighted by molar-refractivity contribution is -0.137. The minimum Gasteiger partial charge on any atom is -0.459 e. The number of hydrogen-bond donors (Lipinski definition) is 3. The van der Waals surface area contributed by atoms with Gasteiger partial charge in [-0.3, -0.25) is 4.79 Å². The summed E-state index contributed by atoms with van der Waals surface area (Å²) in [4.78, 5) is 24.0. The first-order chi connectivity index (χ1) is 14.8. The SMILES string of the molecule is O=C(NCCc1ccc(C(F)(F)F)cc1)NCc1cccc(NC(=O)c2ccco2)c1. The molecule has 0 atom stereocenters. The van der Waals surface area contributed by atoms with E-state index in [9.17, 15) is 22.8 Å². The fourth-order valence-corrected chi connectivity index (χ4v) is 2.79. The van der Waals surface area contributed by atoms with Crippen molar-refractivity contribution >= 4 is 17.6 Å². The number of furan rings is 1. The van der Waals surface area contributed by atoms with Crippen molar-refractivity contribution in [2.75, 3.05) is 11.9 Å². The molecule has 0 radical (unpaired) electrons. The van der Waals surface area contributed by atoms with E-state index >= 15 is 0 Å². The van der Waals surface area contributed by atoms with Crippen molar-refractivity contribution in [3.63, 3.8) is 0 Å². The molecule has 0 bridgehead atoms. The number of anilines is 1. The molecule has 3 aromatic rings. The number of carbonyl (C=O) groups excluding carboxylic acids is 2. The molecule has 0 spiro atoms. The number of alkyl halides is 3. The van der Waals surface area contributed by atoms with E-state index < -0.39 is 17.8 Å². The Bertz CT molecular complexity index is 1020. The summed E-state index contributed by atoms with van der Waals surface area (Å²) in [6, 6.07) is 14.6. The van der Waals surface area contributed by atoms with Gasteiger partial charge in [0, 0.05) is 18.8 Å². The molecule has 3 N–H and O–H groups in total. The number of halogens is 3. The Morgan fingerprint density at radius 1 is 0.903 bits per heavy atom. The number of benzene rings is 2. The van der Waals surface area contributed by atoms with E-state index in [1.807, 2.05) is 0 Å². The minimum absolute atomic E-state index is 0.191. The van der Waals surface area contributed by atoms with Crippen LogP contribution in [0.3, 0.4) is 0 Å². The fourth-order valence-electron chi connectivity index (χ4n) is 2.79. The summed E-state index contributed by atoms with van der Waals surface area (Å²) in [6.45, 7) is 0.507. The van der Waals surface area contributed by atoms with Crippen LogP contribution in [0.1, 0.15) is 27.2 Å². The van der Waals surface area contributed by atoms with E-state index in [4.69, 9.17) is 4.42 Å². The van der Waals surface area contributed by atoms with Gasteiger partial charge in [0.2, 0.25) is 0 Å². The standard InChI is InChI=1S/C22H20F3N3O3/c23-22(24,25)17-8-6-15(7-9-17)10-11-26-21(30)27-14-16-3-1-4-18(13-16)28-20(29)19-5-2-12-31-19/h1-9,12-13H,10-11,14H2,(H,28,29)(H2,26,27,30). The van der Waals surface area contributed by atoms with Gasteiger partial charge in [-0.1, -0.05) is 24.3 Å². The number of nitrogens with one attached hydrogen (secondary N) is 3. The van der Waals surface area contributed by atoms with Gasteiger partial charge >= 0.3 is 12.2 Å². The zero-order chi connectivity index (χ0) is 22.3. The predicted molar refractivity (Wildman–Crippen MR) is 108 cm³/mol. The van der Waals surface area contributed by atoms with Crippen LogP contribution >= 0.6 is 0 Å². The fraction of sp³-hybridized carbons (Fsp3) is 0.182. The molecule has 0 unspecified atom stereocenters. The van der Waals surface area contributed by atoms with Gasteiger partial charge in [0.1, 0.15) is 0 Å². The number of carbonyl (C=O) groups is 2. The lowest BCUT2D eigenvalue weighted by atomic mass is 10.1. The summed E-state index contributed by atoms with van der Waals surface area (Å²) < 4.78 is 42.7. The average Bonchev–Trinajstić information content (AvgIpc) is 3.27. The van der Waals surface area contributed by atoms with E-state index in [1.165, 1.54) is 18.4 Å². The molecule has 1 aromatic heterocycles. The molecule has 0 fully saturated rings. The lowest BCUT2D eigenvalue weighted by Gasteiger charge is -2.10. The Morgan fingerprint density at radius 2 is 1.68 bits per heavy atom. The van der Waals surface area contributed by atoms with Crippen molar-refractivity contribution in [1.82, 2.24) is 10.6 Å². The van der Waals surface area contributed by atoms with Crippen LogP contribution in [0, 0.1) is 0 Å². The maximum atomic E-state index is 12.6. The van der Waals surface area contributed by atoms with Crippen LogP contribution in [0.4, 0.5) is 23.7 Å². The van der Waals surface area contributed by atoms with Crippen LogP contribution in [0.15, 0.2) is 71.3 Å². The van der Waals surface area contributed by atoms with Gasteiger partial charge in [0.05, 0.1) is 11.8 Å². The number of amides is 3. The molecule has 6 nitrogen and oxygen atoms in total. The zero-order valence-electron chi connectivity index (χ0n) is 16.3. The molecule has 3 amide bonds. The van der Waals surface area contributed by atoms with E-state index in [0.29, 0.717) is 17.7 Å². The van der Waals surface area contributed by atoms with Crippen molar-refractivity contribution in [2.45, 2.75) is 19.1 Å². The normalized spacial score (nSPS) is 11.1. The summed E-state index contributed by atoms with van der Waals surface area (Å²) >= 11 is 0. The van der Waals surface area contributed by atoms with Crippen LogP contribution in [0.25, 0.3) is 0 Å². The Labute approximate surface area is 176 Å². The highest BCUT2D eigenvalue weighted by molar-refractivity contribution is 6.02. The van der Waals surface area contributed by atoms with Gasteiger partial charge in [-0.05, 0) is 53.9 Å². The molecular formula is C22H20F3N3O3. The second kappa shape index (κ2) is 9.84. The van der Waals surface area contributed by atoms with Crippen LogP contribution in [0.2, 0.25) is 0 Å². The Morgan fingerprint density at radius 3 is 2.35 bits per heavy atom. The van der Waals surface area contributed by atoms with E-state index in [0.717, 1.165) is 17.7 Å². The van der Waals surface area contributed by atoms with Crippen molar-refractivity contribution < 1.29 is 27.2 Å². The lowest BCUT2D eigenvalue weighted by Crippen LogP contribution is -2.36. The molecule has 9 heteroatoms. The second-order valence-electron chi connectivity index (χ2n) is 6.69. The van der Waals surface area contributed by atoms with Crippen LogP contribution in [0.5, 0.6) is 0 Å². The highest BCUT2D eigenvalue weighted by Gasteiger charge is 2.29. The Kier molecular flexibility index (Phi) is 6.96. The zero-order valence-corrected chi connectivity index (χ0v) is 16.3. The maximum Gasteiger partial charge on any atom is 0.416 e. The highest BCUT2D eigenvalue weighted by Crippen LogP contribution is 2.29. The van der Waals surface area contributed by atoms with E-state index in [1.54, 1.807) is 36.4 Å². The molecule has 0 aliphatic heterocycles. The number of hydrogen-bond acceptors (Lipinski definition) is 3. The summed E-state index contributed by atoms with van der Waals surface area (Å²) in [7, 11) is 0. The predicted octanol–water partition coefficient (Wildman–Crippen LogP) is 4.59. The van der Waals surface area contributed by atoms with Crippen molar-refractivity contribution in [3.8, 4) is 0 Å². The molecule has 0 aliphatic carbocycles. The monoisotopic (exact) mass is 431 g/mol. The molecule has 0 saturated heterocycles. The van der Waals surface area contributed by atoms with Gasteiger partial charge in [0.15, 0.2) is 5.76 Å². The molecule has 1 heterocycles. The summed E-state index contributed by atoms with van der Waals surface area (Å²) in [5.74, 6) is -0.188.